The van der Waals surface area contributed by atoms with Crippen molar-refractivity contribution in [2.45, 2.75) is 26.5 Å². The molecule has 0 radical (unpaired) electrons. The number of ether oxygens (including phenoxy) is 1. The Labute approximate surface area is 186 Å². The van der Waals surface area contributed by atoms with Gasteiger partial charge in [-0.1, -0.05) is 59.9 Å². The number of nitrogens with zero attached hydrogens (tertiary/aromatic N) is 1. The average molecular weight is 454 g/mol. The third kappa shape index (κ3) is 4.57. The average Bonchev–Trinajstić information content (AvgIpc) is 2.78. The van der Waals surface area contributed by atoms with Crippen LogP contribution in [0.25, 0.3) is 10.9 Å². The molecule has 0 bridgehead atoms. The van der Waals surface area contributed by atoms with Gasteiger partial charge < -0.3 is 4.74 Å². The van der Waals surface area contributed by atoms with Crippen molar-refractivity contribution < 1.29 is 18.3 Å². The zero-order valence-corrected chi connectivity index (χ0v) is 18.1. The van der Waals surface area contributed by atoms with Gasteiger partial charge in [-0.2, -0.15) is 0 Å². The molecule has 0 aliphatic rings. The number of pyridine rings is 1. The van der Waals surface area contributed by atoms with Crippen LogP contribution in [0.1, 0.15) is 17.3 Å². The largest absolute Gasteiger partial charge is 0.462 e. The highest BCUT2D eigenvalue weighted by Gasteiger charge is 2.23. The maximum atomic E-state index is 15.4. The minimum Gasteiger partial charge on any atom is -0.462 e. The SMILES string of the molecule is CCOC(=O)c1cnc2c(F)c(Sc3ccccc3)c(F)cc2c1Sc1ccccc1. The maximum Gasteiger partial charge on any atom is 0.340 e. The monoisotopic (exact) mass is 453 g/mol. The molecule has 0 saturated heterocycles. The van der Waals surface area contributed by atoms with Crippen LogP contribution in [0.4, 0.5) is 8.78 Å². The summed E-state index contributed by atoms with van der Waals surface area (Å²) in [5.41, 5.74) is 0.178. The number of carbonyl (C=O) groups excluding carboxylic acids is 1. The van der Waals surface area contributed by atoms with E-state index in [-0.39, 0.29) is 28.0 Å². The first kappa shape index (κ1) is 21.3. The molecule has 4 rings (SSSR count). The van der Waals surface area contributed by atoms with Gasteiger partial charge in [0.2, 0.25) is 0 Å². The van der Waals surface area contributed by atoms with E-state index in [0.29, 0.717) is 9.79 Å². The van der Waals surface area contributed by atoms with Crippen LogP contribution in [-0.4, -0.2) is 17.6 Å². The first-order chi connectivity index (χ1) is 15.1. The summed E-state index contributed by atoms with van der Waals surface area (Å²) in [6.45, 7) is 1.88. The van der Waals surface area contributed by atoms with E-state index >= 15 is 8.78 Å². The summed E-state index contributed by atoms with van der Waals surface area (Å²) in [6.07, 6.45) is 1.30. The van der Waals surface area contributed by atoms with E-state index in [1.54, 1.807) is 31.2 Å². The Hall–Kier alpha value is -2.90. The van der Waals surface area contributed by atoms with Gasteiger partial charge in [0, 0.05) is 26.3 Å². The molecule has 1 aromatic heterocycles. The number of hydrogen-bond donors (Lipinski definition) is 0. The molecule has 0 unspecified atom stereocenters. The van der Waals surface area contributed by atoms with E-state index in [1.807, 2.05) is 36.4 Å². The van der Waals surface area contributed by atoms with Crippen LogP contribution in [0.15, 0.2) is 92.5 Å². The molecule has 0 saturated carbocycles. The van der Waals surface area contributed by atoms with Crippen molar-refractivity contribution in [3.05, 3.63) is 90.1 Å². The van der Waals surface area contributed by atoms with Gasteiger partial charge in [0.05, 0.1) is 17.1 Å². The topological polar surface area (TPSA) is 39.2 Å². The highest BCUT2D eigenvalue weighted by molar-refractivity contribution is 7.99. The molecule has 0 spiro atoms. The van der Waals surface area contributed by atoms with Crippen LogP contribution in [0.5, 0.6) is 0 Å². The summed E-state index contributed by atoms with van der Waals surface area (Å²) in [4.78, 5) is 18.5. The second-order valence-corrected chi connectivity index (χ2v) is 8.62. The predicted molar refractivity (Wildman–Crippen MR) is 119 cm³/mol. The van der Waals surface area contributed by atoms with Crippen molar-refractivity contribution in [1.82, 2.24) is 4.98 Å². The molecule has 0 aliphatic carbocycles. The van der Waals surface area contributed by atoms with Gasteiger partial charge in [0.15, 0.2) is 5.82 Å². The Morgan fingerprint density at radius 3 is 2.10 bits per heavy atom. The highest BCUT2D eigenvalue weighted by Crippen LogP contribution is 2.41. The van der Waals surface area contributed by atoms with E-state index in [0.717, 1.165) is 16.7 Å². The van der Waals surface area contributed by atoms with Crippen LogP contribution >= 0.6 is 23.5 Å². The molecule has 3 nitrogen and oxygen atoms in total. The van der Waals surface area contributed by atoms with Gasteiger partial charge in [0.1, 0.15) is 11.3 Å². The summed E-state index contributed by atoms with van der Waals surface area (Å²) >= 11 is 2.24. The smallest absolute Gasteiger partial charge is 0.340 e. The van der Waals surface area contributed by atoms with Crippen molar-refractivity contribution in [3.63, 3.8) is 0 Å². The molecule has 1 heterocycles. The summed E-state index contributed by atoms with van der Waals surface area (Å²) in [6, 6.07) is 19.5. The quantitative estimate of drug-likeness (QED) is 0.294. The molecular formula is C24H17F2NO2S2. The lowest BCUT2D eigenvalue weighted by Gasteiger charge is -2.14. The molecule has 4 aromatic rings. The Morgan fingerprint density at radius 2 is 1.52 bits per heavy atom. The number of benzene rings is 3. The van der Waals surface area contributed by atoms with Gasteiger partial charge >= 0.3 is 5.97 Å². The Kier molecular flexibility index (Phi) is 6.53. The lowest BCUT2D eigenvalue weighted by Crippen LogP contribution is -2.08. The predicted octanol–water partition coefficient (Wildman–Crippen LogP) is 6.99. The second kappa shape index (κ2) is 9.49. The molecule has 0 N–H and O–H groups in total. The molecule has 31 heavy (non-hydrogen) atoms. The standard InChI is InChI=1S/C24H17F2NO2S2/c1-2-29-24(28)18-14-27-21-17(22(18)30-15-9-5-3-6-10-15)13-19(25)23(20(21)26)31-16-11-7-4-8-12-16/h3-14H,2H2,1H3. The van der Waals surface area contributed by atoms with E-state index in [9.17, 15) is 4.79 Å². The lowest BCUT2D eigenvalue weighted by atomic mass is 10.1. The third-order valence-electron chi connectivity index (χ3n) is 4.38. The minimum atomic E-state index is -0.755. The summed E-state index contributed by atoms with van der Waals surface area (Å²) in [5, 5.41) is 0.229. The Bertz CT molecular complexity index is 1240. The number of carbonyl (C=O) groups is 1. The van der Waals surface area contributed by atoms with Gasteiger partial charge in [-0.25, -0.2) is 13.6 Å². The first-order valence-electron chi connectivity index (χ1n) is 9.52. The third-order valence-corrected chi connectivity index (χ3v) is 6.62. The summed E-state index contributed by atoms with van der Waals surface area (Å²) in [5.74, 6) is -2.05. The number of rotatable bonds is 6. The Morgan fingerprint density at radius 1 is 0.935 bits per heavy atom. The van der Waals surface area contributed by atoms with Crippen LogP contribution in [0, 0.1) is 11.6 Å². The van der Waals surface area contributed by atoms with Crippen molar-refractivity contribution in [1.29, 1.82) is 0 Å². The summed E-state index contributed by atoms with van der Waals surface area (Å²) in [7, 11) is 0. The molecule has 0 atom stereocenters. The van der Waals surface area contributed by atoms with Crippen molar-refractivity contribution in [3.8, 4) is 0 Å². The number of halogens is 2. The van der Waals surface area contributed by atoms with Crippen LogP contribution < -0.4 is 0 Å². The normalized spacial score (nSPS) is 10.9. The fourth-order valence-electron chi connectivity index (χ4n) is 2.99. The fraction of sp³-hybridized carbons (Fsp3) is 0.0833. The zero-order chi connectivity index (χ0) is 21.8. The second-order valence-electron chi connectivity index (χ2n) is 6.45. The van der Waals surface area contributed by atoms with Gasteiger partial charge in [-0.15, -0.1) is 0 Å². The number of aromatic nitrogens is 1. The van der Waals surface area contributed by atoms with Crippen molar-refractivity contribution in [2.24, 2.45) is 0 Å². The van der Waals surface area contributed by atoms with Gasteiger partial charge in [-0.3, -0.25) is 4.98 Å². The number of hydrogen-bond acceptors (Lipinski definition) is 5. The highest BCUT2D eigenvalue weighted by atomic mass is 32.2. The van der Waals surface area contributed by atoms with E-state index in [2.05, 4.69) is 4.98 Å². The fourth-order valence-corrected chi connectivity index (χ4v) is 4.91. The van der Waals surface area contributed by atoms with Crippen LogP contribution in [0.2, 0.25) is 0 Å². The molecule has 0 amide bonds. The van der Waals surface area contributed by atoms with E-state index in [1.165, 1.54) is 24.0 Å². The number of esters is 1. The van der Waals surface area contributed by atoms with Crippen LogP contribution in [-0.2, 0) is 4.74 Å². The number of fused-ring (bicyclic) bond motifs is 1. The van der Waals surface area contributed by atoms with Gasteiger partial charge in [0.25, 0.3) is 0 Å². The van der Waals surface area contributed by atoms with Crippen molar-refractivity contribution in [2.75, 3.05) is 6.61 Å². The zero-order valence-electron chi connectivity index (χ0n) is 16.5. The first-order valence-corrected chi connectivity index (χ1v) is 11.2. The molecule has 0 fully saturated rings. The van der Waals surface area contributed by atoms with Crippen molar-refractivity contribution >= 4 is 40.4 Å². The minimum absolute atomic E-state index is 0.00584. The molecule has 3 aromatic carbocycles. The molecular weight excluding hydrogens is 436 g/mol. The molecule has 0 aliphatic heterocycles. The lowest BCUT2D eigenvalue weighted by molar-refractivity contribution is 0.0522. The van der Waals surface area contributed by atoms with Crippen LogP contribution in [0.3, 0.4) is 0 Å². The van der Waals surface area contributed by atoms with Gasteiger partial charge in [-0.05, 0) is 37.3 Å². The van der Waals surface area contributed by atoms with E-state index in [4.69, 9.17) is 4.74 Å². The molecule has 7 heteroatoms. The summed E-state index contributed by atoms with van der Waals surface area (Å²) < 4.78 is 35.6. The maximum absolute atomic E-state index is 15.4. The molecule has 156 valence electrons. The van der Waals surface area contributed by atoms with E-state index < -0.39 is 17.6 Å². The Balaban J connectivity index is 1.88.